The van der Waals surface area contributed by atoms with Gasteiger partial charge in [0.1, 0.15) is 6.17 Å². The Kier molecular flexibility index (Phi) is 3.22. The molecule has 1 heterocycles. The molecule has 90 valence electrons. The predicted octanol–water partition coefficient (Wildman–Crippen LogP) is 2.42. The van der Waals surface area contributed by atoms with Crippen LogP contribution >= 0.6 is 0 Å². The number of halogens is 1. The molecule has 4 heteroatoms. The average Bonchev–Trinajstić information content (AvgIpc) is 2.60. The van der Waals surface area contributed by atoms with Crippen molar-refractivity contribution < 1.29 is 14.0 Å². The van der Waals surface area contributed by atoms with E-state index in [4.69, 9.17) is 0 Å². The number of nitrogens with zero attached hydrogens (tertiary/aromatic N) is 1. The highest BCUT2D eigenvalue weighted by molar-refractivity contribution is 6.21. The fourth-order valence-electron chi connectivity index (χ4n) is 1.92. The zero-order valence-corrected chi connectivity index (χ0v) is 9.65. The monoisotopic (exact) mass is 235 g/mol. The second kappa shape index (κ2) is 4.65. The van der Waals surface area contributed by atoms with Crippen molar-refractivity contribution in [2.24, 2.45) is 0 Å². The van der Waals surface area contributed by atoms with Crippen molar-refractivity contribution in [1.29, 1.82) is 0 Å². The van der Waals surface area contributed by atoms with E-state index in [0.717, 1.165) is 4.90 Å². The van der Waals surface area contributed by atoms with E-state index in [2.05, 4.69) is 0 Å². The summed E-state index contributed by atoms with van der Waals surface area (Å²) in [6.07, 6.45) is -0.343. The minimum Gasteiger partial charge on any atom is -0.274 e. The Balaban J connectivity index is 2.13. The first kappa shape index (κ1) is 11.8. The first-order chi connectivity index (χ1) is 8.15. The molecule has 0 aliphatic carbocycles. The topological polar surface area (TPSA) is 37.4 Å². The van der Waals surface area contributed by atoms with Crippen LogP contribution in [0.5, 0.6) is 0 Å². The van der Waals surface area contributed by atoms with Crippen LogP contribution in [0.3, 0.4) is 0 Å². The number of alkyl halides is 1. The molecule has 2 rings (SSSR count). The minimum atomic E-state index is -0.959. The van der Waals surface area contributed by atoms with E-state index < -0.39 is 6.17 Å². The van der Waals surface area contributed by atoms with E-state index in [9.17, 15) is 14.0 Å². The second-order valence-electron chi connectivity index (χ2n) is 4.10. The maximum Gasteiger partial charge on any atom is 0.261 e. The third-order valence-corrected chi connectivity index (χ3v) is 2.99. The van der Waals surface area contributed by atoms with E-state index in [1.807, 2.05) is 0 Å². The maximum absolute atomic E-state index is 13.1. The van der Waals surface area contributed by atoms with Crippen molar-refractivity contribution in [3.63, 3.8) is 0 Å². The molecule has 0 fully saturated rings. The van der Waals surface area contributed by atoms with Gasteiger partial charge in [-0.15, -0.1) is 0 Å². The smallest absolute Gasteiger partial charge is 0.261 e. The molecule has 0 saturated carbocycles. The molecule has 0 aromatic heterocycles. The molecular formula is C13H14FNO2. The summed E-state index contributed by atoms with van der Waals surface area (Å²) in [5.74, 6) is -0.622. The number of benzene rings is 1. The van der Waals surface area contributed by atoms with E-state index in [1.54, 1.807) is 31.2 Å². The van der Waals surface area contributed by atoms with Gasteiger partial charge in [0, 0.05) is 6.54 Å². The van der Waals surface area contributed by atoms with Gasteiger partial charge in [-0.1, -0.05) is 19.1 Å². The van der Waals surface area contributed by atoms with Crippen LogP contribution < -0.4 is 0 Å². The third kappa shape index (κ3) is 2.07. The normalized spacial score (nSPS) is 16.2. The van der Waals surface area contributed by atoms with Crippen molar-refractivity contribution in [2.75, 3.05) is 6.54 Å². The molecule has 0 N–H and O–H groups in total. The molecule has 0 saturated heterocycles. The Morgan fingerprint density at radius 2 is 1.71 bits per heavy atom. The summed E-state index contributed by atoms with van der Waals surface area (Å²) in [6.45, 7) is 1.90. The van der Waals surface area contributed by atoms with Crippen molar-refractivity contribution in [1.82, 2.24) is 4.90 Å². The molecule has 3 nitrogen and oxygen atoms in total. The van der Waals surface area contributed by atoms with Crippen molar-refractivity contribution in [3.8, 4) is 0 Å². The molecular weight excluding hydrogens is 221 g/mol. The first-order valence-corrected chi connectivity index (χ1v) is 5.74. The Labute approximate surface area is 99.2 Å². The Bertz CT molecular complexity index is 423. The van der Waals surface area contributed by atoms with Gasteiger partial charge < -0.3 is 0 Å². The zero-order valence-electron chi connectivity index (χ0n) is 9.65. The van der Waals surface area contributed by atoms with Crippen molar-refractivity contribution in [3.05, 3.63) is 35.4 Å². The van der Waals surface area contributed by atoms with Crippen LogP contribution in [0.25, 0.3) is 0 Å². The number of carbonyl (C=O) groups is 2. The molecule has 17 heavy (non-hydrogen) atoms. The van der Waals surface area contributed by atoms with E-state index >= 15 is 0 Å². The number of amides is 2. The van der Waals surface area contributed by atoms with Crippen LogP contribution in [-0.4, -0.2) is 29.4 Å². The summed E-state index contributed by atoms with van der Waals surface area (Å²) < 4.78 is 13.1. The van der Waals surface area contributed by atoms with Gasteiger partial charge in [0.25, 0.3) is 11.8 Å². The fourth-order valence-corrected chi connectivity index (χ4v) is 1.92. The number of rotatable bonds is 4. The lowest BCUT2D eigenvalue weighted by atomic mass is 10.1. The molecule has 1 atom stereocenters. The van der Waals surface area contributed by atoms with Crippen molar-refractivity contribution >= 4 is 11.8 Å². The van der Waals surface area contributed by atoms with Gasteiger partial charge in [-0.3, -0.25) is 14.5 Å². The number of imide groups is 1. The molecule has 1 unspecified atom stereocenters. The van der Waals surface area contributed by atoms with Gasteiger partial charge in [0.2, 0.25) is 0 Å². The molecule has 0 spiro atoms. The van der Waals surface area contributed by atoms with Gasteiger partial charge in [0.15, 0.2) is 0 Å². The number of hydrogen-bond acceptors (Lipinski definition) is 2. The van der Waals surface area contributed by atoms with E-state index in [0.29, 0.717) is 17.5 Å². The van der Waals surface area contributed by atoms with Crippen LogP contribution in [0.4, 0.5) is 4.39 Å². The standard InChI is InChI=1S/C13H14FNO2/c1-2-9(14)7-8-15-12(16)10-5-3-4-6-11(10)13(15)17/h3-6,9H,2,7-8H2,1H3. The van der Waals surface area contributed by atoms with Crippen molar-refractivity contribution in [2.45, 2.75) is 25.9 Å². The summed E-state index contributed by atoms with van der Waals surface area (Å²) in [7, 11) is 0. The third-order valence-electron chi connectivity index (χ3n) is 2.99. The number of carbonyl (C=O) groups excluding carboxylic acids is 2. The van der Waals surface area contributed by atoms with Gasteiger partial charge in [-0.05, 0) is 25.0 Å². The minimum absolute atomic E-state index is 0.154. The fraction of sp³-hybridized carbons (Fsp3) is 0.385. The molecule has 1 aromatic rings. The summed E-state index contributed by atoms with van der Waals surface area (Å²) >= 11 is 0. The summed E-state index contributed by atoms with van der Waals surface area (Å²) in [5.41, 5.74) is 0.841. The van der Waals surface area contributed by atoms with Gasteiger partial charge >= 0.3 is 0 Å². The molecule has 1 aliphatic rings. The summed E-state index contributed by atoms with van der Waals surface area (Å²) in [6, 6.07) is 6.69. The highest BCUT2D eigenvalue weighted by Crippen LogP contribution is 2.22. The van der Waals surface area contributed by atoms with Gasteiger partial charge in [-0.25, -0.2) is 4.39 Å². The molecule has 0 bridgehead atoms. The Morgan fingerprint density at radius 3 is 2.18 bits per heavy atom. The SMILES string of the molecule is CCC(F)CCN1C(=O)c2ccccc2C1=O. The van der Waals surface area contributed by atoms with Crippen LogP contribution in [-0.2, 0) is 0 Å². The van der Waals surface area contributed by atoms with Crippen LogP contribution in [0, 0.1) is 0 Å². The average molecular weight is 235 g/mol. The zero-order chi connectivity index (χ0) is 12.4. The summed E-state index contributed by atoms with van der Waals surface area (Å²) in [5, 5.41) is 0. The second-order valence-corrected chi connectivity index (χ2v) is 4.10. The molecule has 1 aliphatic heterocycles. The van der Waals surface area contributed by atoms with Crippen LogP contribution in [0.2, 0.25) is 0 Å². The number of hydrogen-bond donors (Lipinski definition) is 0. The molecule has 1 aromatic carbocycles. The quantitative estimate of drug-likeness (QED) is 0.751. The van der Waals surface area contributed by atoms with E-state index in [-0.39, 0.29) is 24.8 Å². The largest absolute Gasteiger partial charge is 0.274 e. The molecule has 2 amide bonds. The van der Waals surface area contributed by atoms with Crippen LogP contribution in [0.15, 0.2) is 24.3 Å². The predicted molar refractivity (Wildman–Crippen MR) is 61.6 cm³/mol. The lowest BCUT2D eigenvalue weighted by Gasteiger charge is -2.14. The van der Waals surface area contributed by atoms with Gasteiger partial charge in [0.05, 0.1) is 11.1 Å². The Hall–Kier alpha value is -1.71. The lowest BCUT2D eigenvalue weighted by molar-refractivity contribution is 0.0641. The highest BCUT2D eigenvalue weighted by atomic mass is 19.1. The first-order valence-electron chi connectivity index (χ1n) is 5.74. The summed E-state index contributed by atoms with van der Waals surface area (Å²) in [4.78, 5) is 24.9. The Morgan fingerprint density at radius 1 is 1.18 bits per heavy atom. The van der Waals surface area contributed by atoms with E-state index in [1.165, 1.54) is 0 Å². The molecule has 0 radical (unpaired) electrons. The number of fused-ring (bicyclic) bond motifs is 1. The highest BCUT2D eigenvalue weighted by Gasteiger charge is 2.34. The van der Waals surface area contributed by atoms with Crippen LogP contribution in [0.1, 0.15) is 40.5 Å². The maximum atomic E-state index is 13.1. The lowest BCUT2D eigenvalue weighted by Crippen LogP contribution is -2.32. The van der Waals surface area contributed by atoms with Gasteiger partial charge in [-0.2, -0.15) is 0 Å².